The van der Waals surface area contributed by atoms with Gasteiger partial charge >= 0.3 is 0 Å². The molecule has 1 fully saturated rings. The van der Waals surface area contributed by atoms with Crippen LogP contribution in [0, 0.1) is 0 Å². The van der Waals surface area contributed by atoms with E-state index in [9.17, 15) is 4.79 Å². The summed E-state index contributed by atoms with van der Waals surface area (Å²) in [7, 11) is 0. The lowest BCUT2D eigenvalue weighted by Crippen LogP contribution is -2.48. The van der Waals surface area contributed by atoms with Gasteiger partial charge in [-0.2, -0.15) is 0 Å². The Bertz CT molecular complexity index is 1120. The highest BCUT2D eigenvalue weighted by atomic mass is 32.2. The second kappa shape index (κ2) is 11.2. The average Bonchev–Trinajstić information content (AvgIpc) is 3.29. The third kappa shape index (κ3) is 5.20. The maximum Gasteiger partial charge on any atom is 0.254 e. The van der Waals surface area contributed by atoms with Gasteiger partial charge in [-0.15, -0.1) is 11.8 Å². The molecule has 1 aliphatic rings. The van der Waals surface area contributed by atoms with Gasteiger partial charge in [0, 0.05) is 36.6 Å². The van der Waals surface area contributed by atoms with Crippen molar-refractivity contribution in [3.05, 3.63) is 35.9 Å². The largest absolute Gasteiger partial charge is 0.490 e. The minimum atomic E-state index is -0.0292. The normalized spacial score (nSPS) is 13.9. The Morgan fingerprint density at radius 1 is 0.971 bits per heavy atom. The number of aromatic nitrogens is 1. The predicted molar refractivity (Wildman–Crippen MR) is 139 cm³/mol. The summed E-state index contributed by atoms with van der Waals surface area (Å²) in [6, 6.07) is 9.92. The van der Waals surface area contributed by atoms with Crippen molar-refractivity contribution in [1.82, 2.24) is 9.88 Å². The van der Waals surface area contributed by atoms with E-state index in [0.29, 0.717) is 55.7 Å². The van der Waals surface area contributed by atoms with Crippen molar-refractivity contribution >= 4 is 44.4 Å². The first-order valence-corrected chi connectivity index (χ1v) is 13.7. The number of nitrogens with zero attached hydrogens (tertiary/aromatic N) is 3. The van der Waals surface area contributed by atoms with E-state index in [2.05, 4.69) is 29.4 Å². The Morgan fingerprint density at radius 2 is 1.62 bits per heavy atom. The molecular formula is C25H31N3O4S2. The van der Waals surface area contributed by atoms with Crippen LogP contribution < -0.4 is 19.1 Å². The molecule has 3 aromatic rings. The number of hydrogen-bond donors (Lipinski definition) is 0. The molecule has 0 spiro atoms. The quantitative estimate of drug-likeness (QED) is 0.375. The van der Waals surface area contributed by atoms with Crippen molar-refractivity contribution in [2.45, 2.75) is 25.7 Å². The van der Waals surface area contributed by atoms with Crippen molar-refractivity contribution in [2.24, 2.45) is 0 Å². The summed E-state index contributed by atoms with van der Waals surface area (Å²) in [6.07, 6.45) is 2.08. The molecule has 0 radical (unpaired) electrons. The zero-order valence-corrected chi connectivity index (χ0v) is 21.8. The summed E-state index contributed by atoms with van der Waals surface area (Å²) >= 11 is 3.45. The molecule has 1 aromatic heterocycles. The number of ether oxygens (including phenoxy) is 3. The van der Waals surface area contributed by atoms with Gasteiger partial charge in [-0.1, -0.05) is 11.3 Å². The van der Waals surface area contributed by atoms with Gasteiger partial charge < -0.3 is 24.0 Å². The van der Waals surface area contributed by atoms with E-state index >= 15 is 0 Å². The molecule has 7 nitrogen and oxygen atoms in total. The summed E-state index contributed by atoms with van der Waals surface area (Å²) in [5.41, 5.74) is 1.57. The number of carbonyl (C=O) groups excluding carboxylic acids is 1. The third-order valence-electron chi connectivity index (χ3n) is 5.58. The number of thiazole rings is 1. The van der Waals surface area contributed by atoms with E-state index in [1.807, 2.05) is 25.7 Å². The first-order chi connectivity index (χ1) is 16.6. The molecule has 0 unspecified atom stereocenters. The lowest BCUT2D eigenvalue weighted by atomic mass is 10.1. The highest BCUT2D eigenvalue weighted by molar-refractivity contribution is 7.98. The second-order valence-electron chi connectivity index (χ2n) is 7.71. The molecule has 4 rings (SSSR count). The minimum absolute atomic E-state index is 0.0292. The first-order valence-electron chi connectivity index (χ1n) is 11.6. The van der Waals surface area contributed by atoms with Crippen LogP contribution in [0.2, 0.25) is 0 Å². The van der Waals surface area contributed by atoms with E-state index in [0.717, 1.165) is 23.7 Å². The monoisotopic (exact) mass is 501 g/mol. The van der Waals surface area contributed by atoms with E-state index in [4.69, 9.17) is 19.2 Å². The fourth-order valence-corrected chi connectivity index (χ4v) is 5.52. The molecule has 2 aromatic carbocycles. The van der Waals surface area contributed by atoms with Gasteiger partial charge in [0.25, 0.3) is 5.91 Å². The molecule has 1 saturated heterocycles. The molecule has 9 heteroatoms. The number of piperazine rings is 1. The Morgan fingerprint density at radius 3 is 2.21 bits per heavy atom. The van der Waals surface area contributed by atoms with E-state index < -0.39 is 0 Å². The lowest BCUT2D eigenvalue weighted by Gasteiger charge is -2.34. The van der Waals surface area contributed by atoms with Crippen LogP contribution >= 0.6 is 23.1 Å². The van der Waals surface area contributed by atoms with Crippen molar-refractivity contribution < 1.29 is 19.0 Å². The van der Waals surface area contributed by atoms with Crippen LogP contribution in [0.25, 0.3) is 10.2 Å². The molecule has 0 saturated carbocycles. The molecule has 2 heterocycles. The molecule has 0 atom stereocenters. The van der Waals surface area contributed by atoms with Crippen molar-refractivity contribution in [3.8, 4) is 17.2 Å². The van der Waals surface area contributed by atoms with Crippen LogP contribution in [0.15, 0.2) is 35.2 Å². The van der Waals surface area contributed by atoms with Crippen LogP contribution in [-0.2, 0) is 0 Å². The van der Waals surface area contributed by atoms with Crippen LogP contribution in [-0.4, -0.2) is 68.0 Å². The van der Waals surface area contributed by atoms with Crippen molar-refractivity contribution in [3.63, 3.8) is 0 Å². The van der Waals surface area contributed by atoms with Gasteiger partial charge in [-0.3, -0.25) is 4.79 Å². The molecule has 1 aliphatic heterocycles. The van der Waals surface area contributed by atoms with Crippen LogP contribution in [0.1, 0.15) is 31.1 Å². The number of carbonyl (C=O) groups is 1. The molecule has 0 bridgehead atoms. The number of fused-ring (bicyclic) bond motifs is 1. The number of anilines is 1. The van der Waals surface area contributed by atoms with Crippen molar-refractivity contribution in [1.29, 1.82) is 0 Å². The van der Waals surface area contributed by atoms with E-state index in [1.54, 1.807) is 35.2 Å². The topological polar surface area (TPSA) is 64.1 Å². The van der Waals surface area contributed by atoms with Crippen LogP contribution in [0.4, 0.5) is 5.13 Å². The summed E-state index contributed by atoms with van der Waals surface area (Å²) in [4.78, 5) is 23.6. The van der Waals surface area contributed by atoms with Gasteiger partial charge in [-0.25, -0.2) is 4.98 Å². The highest BCUT2D eigenvalue weighted by Gasteiger charge is 2.26. The maximum absolute atomic E-state index is 13.4. The fraction of sp³-hybridized carbons (Fsp3) is 0.440. The fourth-order valence-electron chi connectivity index (χ4n) is 3.95. The average molecular weight is 502 g/mol. The van der Waals surface area contributed by atoms with Crippen LogP contribution in [0.3, 0.4) is 0 Å². The summed E-state index contributed by atoms with van der Waals surface area (Å²) in [6.45, 7) is 9.92. The highest BCUT2D eigenvalue weighted by Crippen LogP contribution is 2.39. The molecule has 0 aliphatic carbocycles. The summed E-state index contributed by atoms with van der Waals surface area (Å²) in [5.74, 6) is 1.60. The van der Waals surface area contributed by atoms with Gasteiger partial charge in [0.2, 0.25) is 5.75 Å². The van der Waals surface area contributed by atoms with Gasteiger partial charge in [0.1, 0.15) is 0 Å². The Hall–Kier alpha value is -2.65. The number of benzene rings is 2. The standard InChI is InChI=1S/C25H31N3O4S2/c1-5-30-20-14-17(15-21(31-6-2)23(20)32-7-3)24(29)27-10-12-28(13-11-27)25-26-19-9-8-18(33-4)16-22(19)34-25/h8-9,14-16H,5-7,10-13H2,1-4H3. The molecule has 34 heavy (non-hydrogen) atoms. The zero-order valence-electron chi connectivity index (χ0n) is 20.1. The van der Waals surface area contributed by atoms with Crippen LogP contribution in [0.5, 0.6) is 17.2 Å². The third-order valence-corrected chi connectivity index (χ3v) is 7.38. The number of amides is 1. The van der Waals surface area contributed by atoms with E-state index in [-0.39, 0.29) is 5.91 Å². The summed E-state index contributed by atoms with van der Waals surface area (Å²) < 4.78 is 18.5. The van der Waals surface area contributed by atoms with Gasteiger partial charge in [-0.05, 0) is 57.4 Å². The minimum Gasteiger partial charge on any atom is -0.490 e. The van der Waals surface area contributed by atoms with Gasteiger partial charge in [0.05, 0.1) is 30.0 Å². The lowest BCUT2D eigenvalue weighted by molar-refractivity contribution is 0.0745. The molecule has 1 amide bonds. The molecule has 182 valence electrons. The Labute approximate surface area is 209 Å². The number of thioether (sulfide) groups is 1. The first kappa shape index (κ1) is 24.5. The van der Waals surface area contributed by atoms with E-state index in [1.165, 1.54) is 9.60 Å². The SMILES string of the molecule is CCOc1cc(C(=O)N2CCN(c3nc4ccc(SC)cc4s3)CC2)cc(OCC)c1OCC. The molecule has 0 N–H and O–H groups in total. The Balaban J connectivity index is 1.49. The zero-order chi connectivity index (χ0) is 24.1. The van der Waals surface area contributed by atoms with Gasteiger partial charge in [0.15, 0.2) is 16.6 Å². The smallest absolute Gasteiger partial charge is 0.254 e. The predicted octanol–water partition coefficient (Wildman–Crippen LogP) is 5.18. The Kier molecular flexibility index (Phi) is 8.05. The second-order valence-corrected chi connectivity index (χ2v) is 9.60. The summed E-state index contributed by atoms with van der Waals surface area (Å²) in [5, 5.41) is 1.01. The number of rotatable bonds is 9. The number of hydrogen-bond acceptors (Lipinski definition) is 8. The maximum atomic E-state index is 13.4. The molecular weight excluding hydrogens is 470 g/mol. The van der Waals surface area contributed by atoms with Crippen molar-refractivity contribution in [2.75, 3.05) is 57.2 Å².